The maximum Gasteiger partial charge on any atom is 0.352 e. The summed E-state index contributed by atoms with van der Waals surface area (Å²) in [5.41, 5.74) is -0.148. The first-order valence-corrected chi connectivity index (χ1v) is 5.87. The maximum atomic E-state index is 12.7. The van der Waals surface area contributed by atoms with Gasteiger partial charge in [-0.15, -0.1) is 0 Å². The highest BCUT2D eigenvalue weighted by Crippen LogP contribution is 2.12. The predicted molar refractivity (Wildman–Crippen MR) is 72.2 cm³/mol. The summed E-state index contributed by atoms with van der Waals surface area (Å²) >= 11 is 0. The molecule has 0 atom stereocenters. The Hall–Kier alpha value is -3.09. The normalized spacial score (nSPS) is 11.0. The van der Waals surface area contributed by atoms with Crippen LogP contribution in [0.15, 0.2) is 54.5 Å². The van der Waals surface area contributed by atoms with Gasteiger partial charge in [-0.3, -0.25) is 0 Å². The molecular weight excluding hydrogens is 279 g/mol. The number of carboxylic acids is 1. The summed E-state index contributed by atoms with van der Waals surface area (Å²) in [5.74, 6) is -2.68. The van der Waals surface area contributed by atoms with Crippen LogP contribution in [0.2, 0.25) is 0 Å². The van der Waals surface area contributed by atoms with E-state index < -0.39 is 23.3 Å². The van der Waals surface area contributed by atoms with Crippen molar-refractivity contribution in [3.8, 4) is 5.75 Å². The lowest BCUT2D eigenvalue weighted by Gasteiger charge is -2.04. The summed E-state index contributed by atoms with van der Waals surface area (Å²) < 4.78 is 17.6. The molecule has 1 heterocycles. The smallest absolute Gasteiger partial charge is 0.352 e. The van der Waals surface area contributed by atoms with Crippen molar-refractivity contribution >= 4 is 17.6 Å². The summed E-state index contributed by atoms with van der Waals surface area (Å²) in [6, 6.07) is 6.69. The molecule has 0 aliphatic rings. The molecule has 21 heavy (non-hydrogen) atoms. The second-order valence-corrected chi connectivity index (χ2v) is 3.95. The molecule has 0 aliphatic heterocycles. The van der Waals surface area contributed by atoms with Gasteiger partial charge in [0.05, 0.1) is 0 Å². The monoisotopic (exact) mass is 290 g/mol. The third-order valence-corrected chi connectivity index (χ3v) is 2.46. The standard InChI is InChI=1S/C14H11FN2O4/c15-9-1-3-10(4-2-9)17-8-12(13(18)19)14(20)21-11-5-6-16-7-11/h1-8,16-17H,(H,18,19). The van der Waals surface area contributed by atoms with E-state index in [0.29, 0.717) is 5.69 Å². The van der Waals surface area contributed by atoms with E-state index in [-0.39, 0.29) is 5.75 Å². The average Bonchev–Trinajstić information content (AvgIpc) is 2.93. The van der Waals surface area contributed by atoms with Crippen LogP contribution in [-0.2, 0) is 9.59 Å². The fraction of sp³-hybridized carbons (Fsp3) is 0. The number of aliphatic carboxylic acids is 1. The quantitative estimate of drug-likeness (QED) is 0.339. The number of hydrogen-bond donors (Lipinski definition) is 3. The first-order chi connectivity index (χ1) is 10.1. The number of H-pyrrole nitrogens is 1. The van der Waals surface area contributed by atoms with E-state index in [0.717, 1.165) is 6.20 Å². The van der Waals surface area contributed by atoms with Crippen LogP contribution in [0.25, 0.3) is 0 Å². The van der Waals surface area contributed by atoms with Gasteiger partial charge in [0.2, 0.25) is 0 Å². The lowest BCUT2D eigenvalue weighted by atomic mass is 10.2. The van der Waals surface area contributed by atoms with Crippen molar-refractivity contribution in [2.75, 3.05) is 5.32 Å². The van der Waals surface area contributed by atoms with Gasteiger partial charge < -0.3 is 20.1 Å². The molecule has 0 fully saturated rings. The molecule has 0 amide bonds. The molecule has 1 aromatic heterocycles. The summed E-state index contributed by atoms with van der Waals surface area (Å²) in [6.45, 7) is 0. The highest BCUT2D eigenvalue weighted by atomic mass is 19.1. The van der Waals surface area contributed by atoms with E-state index in [2.05, 4.69) is 10.3 Å². The molecule has 0 unspecified atom stereocenters. The van der Waals surface area contributed by atoms with Gasteiger partial charge in [-0.05, 0) is 30.3 Å². The van der Waals surface area contributed by atoms with E-state index in [9.17, 15) is 14.0 Å². The number of rotatable bonds is 5. The Bertz CT molecular complexity index is 663. The molecule has 6 nitrogen and oxygen atoms in total. The molecule has 0 bridgehead atoms. The minimum atomic E-state index is -1.44. The largest absolute Gasteiger partial charge is 0.477 e. The number of aromatic nitrogens is 1. The zero-order valence-electron chi connectivity index (χ0n) is 10.7. The van der Waals surface area contributed by atoms with Crippen LogP contribution in [0.5, 0.6) is 5.75 Å². The van der Waals surface area contributed by atoms with Gasteiger partial charge in [0, 0.05) is 24.3 Å². The molecule has 0 spiro atoms. The predicted octanol–water partition coefficient (Wildman–Crippen LogP) is 2.14. The maximum absolute atomic E-state index is 12.7. The second kappa shape index (κ2) is 6.38. The third kappa shape index (κ3) is 3.93. The van der Waals surface area contributed by atoms with E-state index in [1.807, 2.05) is 0 Å². The van der Waals surface area contributed by atoms with Crippen LogP contribution in [0.4, 0.5) is 10.1 Å². The molecular formula is C14H11FN2O4. The van der Waals surface area contributed by atoms with Crippen LogP contribution in [0.1, 0.15) is 0 Å². The zero-order valence-corrected chi connectivity index (χ0v) is 10.7. The number of carbonyl (C=O) groups is 2. The Morgan fingerprint density at radius 2 is 1.95 bits per heavy atom. The Kier molecular flexibility index (Phi) is 4.35. The molecule has 0 saturated heterocycles. The molecule has 7 heteroatoms. The molecule has 2 rings (SSSR count). The summed E-state index contributed by atoms with van der Waals surface area (Å²) in [4.78, 5) is 25.5. The summed E-state index contributed by atoms with van der Waals surface area (Å²) in [5, 5.41) is 11.6. The van der Waals surface area contributed by atoms with Crippen molar-refractivity contribution in [3.05, 3.63) is 60.3 Å². The van der Waals surface area contributed by atoms with Gasteiger partial charge >= 0.3 is 11.9 Å². The highest BCUT2D eigenvalue weighted by molar-refractivity contribution is 6.14. The summed E-state index contributed by atoms with van der Waals surface area (Å²) in [7, 11) is 0. The van der Waals surface area contributed by atoms with Gasteiger partial charge in [-0.2, -0.15) is 0 Å². The van der Waals surface area contributed by atoms with E-state index in [4.69, 9.17) is 9.84 Å². The number of nitrogens with one attached hydrogen (secondary N) is 2. The number of esters is 1. The number of anilines is 1. The number of carbonyl (C=O) groups excluding carboxylic acids is 1. The second-order valence-electron chi connectivity index (χ2n) is 3.95. The highest BCUT2D eigenvalue weighted by Gasteiger charge is 2.20. The van der Waals surface area contributed by atoms with Gasteiger partial charge in [0.1, 0.15) is 11.6 Å². The number of halogens is 1. The van der Waals surface area contributed by atoms with Crippen molar-refractivity contribution in [1.29, 1.82) is 0 Å². The van der Waals surface area contributed by atoms with Crippen LogP contribution < -0.4 is 10.1 Å². The molecule has 0 saturated carbocycles. The topological polar surface area (TPSA) is 91.4 Å². The van der Waals surface area contributed by atoms with Crippen molar-refractivity contribution in [3.63, 3.8) is 0 Å². The molecule has 3 N–H and O–H groups in total. The fourth-order valence-electron chi connectivity index (χ4n) is 1.44. The van der Waals surface area contributed by atoms with Crippen molar-refractivity contribution < 1.29 is 23.8 Å². The number of hydrogen-bond acceptors (Lipinski definition) is 4. The number of benzene rings is 1. The lowest BCUT2D eigenvalue weighted by Crippen LogP contribution is -2.19. The van der Waals surface area contributed by atoms with Crippen LogP contribution in [-0.4, -0.2) is 22.0 Å². The molecule has 0 aliphatic carbocycles. The Balaban J connectivity index is 2.10. The average molecular weight is 290 g/mol. The minimum Gasteiger partial charge on any atom is -0.477 e. The van der Waals surface area contributed by atoms with Crippen LogP contribution in [0, 0.1) is 5.82 Å². The fourth-order valence-corrected chi connectivity index (χ4v) is 1.44. The van der Waals surface area contributed by atoms with E-state index in [1.165, 1.54) is 42.7 Å². The molecule has 0 radical (unpaired) electrons. The number of ether oxygens (including phenoxy) is 1. The number of carboxylic acid groups (broad SMARTS) is 1. The SMILES string of the molecule is O=C(O)C(=CNc1ccc(F)cc1)C(=O)Oc1cc[nH]c1. The first kappa shape index (κ1) is 14.3. The van der Waals surface area contributed by atoms with Crippen LogP contribution in [0.3, 0.4) is 0 Å². The minimum absolute atomic E-state index is 0.203. The zero-order chi connectivity index (χ0) is 15.2. The van der Waals surface area contributed by atoms with Gasteiger partial charge in [-0.1, -0.05) is 0 Å². The van der Waals surface area contributed by atoms with Gasteiger partial charge in [0.25, 0.3) is 0 Å². The molecule has 1 aromatic carbocycles. The molecule has 108 valence electrons. The Labute approximate surface area is 118 Å². The molecule has 2 aromatic rings. The third-order valence-electron chi connectivity index (χ3n) is 2.46. The number of aromatic amines is 1. The van der Waals surface area contributed by atoms with E-state index in [1.54, 1.807) is 0 Å². The lowest BCUT2D eigenvalue weighted by molar-refractivity contribution is -0.138. The summed E-state index contributed by atoms with van der Waals surface area (Å²) in [6.07, 6.45) is 3.93. The van der Waals surface area contributed by atoms with Gasteiger partial charge in [0.15, 0.2) is 5.57 Å². The first-order valence-electron chi connectivity index (χ1n) is 5.87. The Morgan fingerprint density at radius 1 is 1.24 bits per heavy atom. The van der Waals surface area contributed by atoms with Crippen molar-refractivity contribution in [1.82, 2.24) is 4.98 Å². The van der Waals surface area contributed by atoms with Crippen molar-refractivity contribution in [2.24, 2.45) is 0 Å². The van der Waals surface area contributed by atoms with Crippen LogP contribution >= 0.6 is 0 Å². The van der Waals surface area contributed by atoms with Crippen molar-refractivity contribution in [2.45, 2.75) is 0 Å². The van der Waals surface area contributed by atoms with E-state index >= 15 is 0 Å². The van der Waals surface area contributed by atoms with Gasteiger partial charge in [-0.25, -0.2) is 14.0 Å². The Morgan fingerprint density at radius 3 is 2.52 bits per heavy atom.